The fraction of sp³-hybridized carbons (Fsp3) is 0.226. The molecule has 1 atom stereocenters. The molecule has 3 heterocycles. The van der Waals surface area contributed by atoms with E-state index in [0.29, 0.717) is 17.8 Å². The van der Waals surface area contributed by atoms with E-state index >= 15 is 0 Å². The van der Waals surface area contributed by atoms with Crippen LogP contribution in [-0.2, 0) is 27.5 Å². The molecule has 0 radical (unpaired) electrons. The molecule has 8 heteroatoms. The summed E-state index contributed by atoms with van der Waals surface area (Å²) in [5, 5.41) is 5.64. The van der Waals surface area contributed by atoms with E-state index in [1.165, 1.54) is 11.8 Å². The second kappa shape index (κ2) is 11.7. The lowest BCUT2D eigenvalue weighted by molar-refractivity contribution is -0.141. The van der Waals surface area contributed by atoms with Crippen molar-refractivity contribution in [3.05, 3.63) is 123 Å². The number of aryl methyl sites for hydroxylation is 2. The number of esters is 1. The van der Waals surface area contributed by atoms with E-state index in [9.17, 15) is 9.59 Å². The van der Waals surface area contributed by atoms with Crippen LogP contribution in [0.15, 0.2) is 100 Å². The number of hydrogen-bond donors (Lipinski definition) is 1. The molecule has 0 spiro atoms. The Kier molecular flexibility index (Phi) is 7.93. The Morgan fingerprint density at radius 3 is 2.56 bits per heavy atom. The molecular formula is C31H30N4O3S. The number of aromatic nitrogens is 1. The Bertz CT molecular complexity index is 1480. The predicted molar refractivity (Wildman–Crippen MR) is 153 cm³/mol. The largest absolute Gasteiger partial charge is 0.457 e. The SMILES string of the molecule is CC1=C(C(=O)OCc2ccccc2)[C@@H](c2ccc(C)cc2C)N2C(CC(=O)NCc3ccccn3)=CSC2=N1. The van der Waals surface area contributed by atoms with Crippen molar-refractivity contribution in [3.8, 4) is 0 Å². The summed E-state index contributed by atoms with van der Waals surface area (Å²) in [6, 6.07) is 21.0. The van der Waals surface area contributed by atoms with Gasteiger partial charge in [0.2, 0.25) is 5.91 Å². The van der Waals surface area contributed by atoms with Crippen molar-refractivity contribution in [3.63, 3.8) is 0 Å². The third-order valence-corrected chi connectivity index (χ3v) is 7.58. The van der Waals surface area contributed by atoms with Crippen LogP contribution in [0.2, 0.25) is 0 Å². The molecule has 0 unspecified atom stereocenters. The third-order valence-electron chi connectivity index (χ3n) is 6.69. The molecule has 3 aromatic rings. The highest BCUT2D eigenvalue weighted by molar-refractivity contribution is 8.16. The maximum Gasteiger partial charge on any atom is 0.338 e. The summed E-state index contributed by atoms with van der Waals surface area (Å²) in [5.74, 6) is -0.549. The fourth-order valence-corrected chi connectivity index (χ4v) is 5.74. The van der Waals surface area contributed by atoms with Gasteiger partial charge in [0.05, 0.1) is 36.0 Å². The molecule has 0 saturated heterocycles. The fourth-order valence-electron chi connectivity index (χ4n) is 4.78. The van der Waals surface area contributed by atoms with Crippen LogP contribution in [0.4, 0.5) is 0 Å². The maximum absolute atomic E-state index is 13.6. The number of carbonyl (C=O) groups excluding carboxylic acids is 2. The first-order valence-electron chi connectivity index (χ1n) is 12.8. The van der Waals surface area contributed by atoms with Crippen LogP contribution in [0.3, 0.4) is 0 Å². The molecule has 0 aliphatic carbocycles. The van der Waals surface area contributed by atoms with Crippen LogP contribution in [0.1, 0.15) is 47.3 Å². The van der Waals surface area contributed by atoms with Gasteiger partial charge in [-0.15, -0.1) is 0 Å². The second-order valence-corrected chi connectivity index (χ2v) is 10.4. The van der Waals surface area contributed by atoms with Gasteiger partial charge in [-0.25, -0.2) is 9.79 Å². The highest BCUT2D eigenvalue weighted by Gasteiger charge is 2.41. The van der Waals surface area contributed by atoms with Gasteiger partial charge in [-0.2, -0.15) is 0 Å². The summed E-state index contributed by atoms with van der Waals surface area (Å²) in [6.45, 7) is 6.45. The van der Waals surface area contributed by atoms with E-state index in [1.54, 1.807) is 6.20 Å². The summed E-state index contributed by atoms with van der Waals surface area (Å²) in [5.41, 5.74) is 6.73. The average Bonchev–Trinajstić information content (AvgIpc) is 3.33. The molecule has 5 rings (SSSR count). The summed E-state index contributed by atoms with van der Waals surface area (Å²) in [7, 11) is 0. The number of carbonyl (C=O) groups is 2. The Morgan fingerprint density at radius 2 is 1.82 bits per heavy atom. The van der Waals surface area contributed by atoms with Gasteiger partial charge in [-0.1, -0.05) is 71.9 Å². The molecular weight excluding hydrogens is 508 g/mol. The lowest BCUT2D eigenvalue weighted by Gasteiger charge is -2.37. The van der Waals surface area contributed by atoms with Crippen LogP contribution in [0, 0.1) is 13.8 Å². The van der Waals surface area contributed by atoms with Crippen molar-refractivity contribution in [2.45, 2.75) is 46.4 Å². The molecule has 198 valence electrons. The minimum Gasteiger partial charge on any atom is -0.457 e. The topological polar surface area (TPSA) is 83.9 Å². The molecule has 7 nitrogen and oxygen atoms in total. The number of ether oxygens (including phenoxy) is 1. The number of hydrogen-bond acceptors (Lipinski definition) is 7. The third kappa shape index (κ3) is 5.96. The van der Waals surface area contributed by atoms with Crippen molar-refractivity contribution < 1.29 is 14.3 Å². The van der Waals surface area contributed by atoms with Crippen LogP contribution < -0.4 is 5.32 Å². The number of fused-ring (bicyclic) bond motifs is 1. The summed E-state index contributed by atoms with van der Waals surface area (Å²) in [6.07, 6.45) is 1.85. The first-order chi connectivity index (χ1) is 18.9. The van der Waals surface area contributed by atoms with Crippen molar-refractivity contribution in [2.24, 2.45) is 4.99 Å². The highest BCUT2D eigenvalue weighted by atomic mass is 32.2. The number of nitrogens with zero attached hydrogens (tertiary/aromatic N) is 3. The van der Waals surface area contributed by atoms with Gasteiger partial charge < -0.3 is 15.0 Å². The zero-order chi connectivity index (χ0) is 27.4. The van der Waals surface area contributed by atoms with E-state index < -0.39 is 12.0 Å². The summed E-state index contributed by atoms with van der Waals surface area (Å²) in [4.78, 5) is 37.7. The van der Waals surface area contributed by atoms with Crippen LogP contribution in [0.25, 0.3) is 0 Å². The molecule has 2 aliphatic heterocycles. The van der Waals surface area contributed by atoms with E-state index in [0.717, 1.165) is 38.8 Å². The van der Waals surface area contributed by atoms with Crippen molar-refractivity contribution in [1.29, 1.82) is 0 Å². The van der Waals surface area contributed by atoms with Crippen LogP contribution in [-0.4, -0.2) is 26.9 Å². The number of thioether (sulfide) groups is 1. The minimum atomic E-state index is -0.466. The molecule has 2 aromatic carbocycles. The van der Waals surface area contributed by atoms with Gasteiger partial charge in [0, 0.05) is 11.9 Å². The van der Waals surface area contributed by atoms with E-state index in [2.05, 4.69) is 22.4 Å². The first kappa shape index (κ1) is 26.4. The van der Waals surface area contributed by atoms with Crippen LogP contribution >= 0.6 is 11.8 Å². The van der Waals surface area contributed by atoms with Crippen LogP contribution in [0.5, 0.6) is 0 Å². The number of amidine groups is 1. The molecule has 1 aromatic heterocycles. The smallest absolute Gasteiger partial charge is 0.338 e. The number of aliphatic imine (C=N–C) groups is 1. The number of allylic oxidation sites excluding steroid dienone is 1. The summed E-state index contributed by atoms with van der Waals surface area (Å²) < 4.78 is 5.80. The number of benzene rings is 2. The predicted octanol–water partition coefficient (Wildman–Crippen LogP) is 5.72. The molecule has 2 aliphatic rings. The second-order valence-electron chi connectivity index (χ2n) is 9.59. The quantitative estimate of drug-likeness (QED) is 0.369. The molecule has 1 N–H and O–H groups in total. The number of rotatable bonds is 8. The maximum atomic E-state index is 13.6. The Morgan fingerprint density at radius 1 is 1.03 bits per heavy atom. The lowest BCUT2D eigenvalue weighted by Crippen LogP contribution is -2.38. The first-order valence-corrected chi connectivity index (χ1v) is 13.7. The van der Waals surface area contributed by atoms with E-state index in [1.807, 2.05) is 85.7 Å². The molecule has 1 amide bonds. The molecule has 0 saturated carbocycles. The van der Waals surface area contributed by atoms with Crippen molar-refractivity contribution in [1.82, 2.24) is 15.2 Å². The standard InChI is InChI=1S/C31H30N4O3S/c1-20-12-13-26(21(2)15-20)29-28(30(37)38-18-23-9-5-4-6-10-23)22(3)34-31-35(29)25(19-39-31)16-27(36)33-17-24-11-7-8-14-32-24/h4-15,19,29H,16-18H2,1-3H3,(H,33,36)/t29-/m1/s1. The van der Waals surface area contributed by atoms with E-state index in [-0.39, 0.29) is 18.9 Å². The van der Waals surface area contributed by atoms with Gasteiger partial charge in [-0.05, 0) is 55.0 Å². The van der Waals surface area contributed by atoms with E-state index in [4.69, 9.17) is 9.73 Å². The average molecular weight is 539 g/mol. The van der Waals surface area contributed by atoms with Crippen molar-refractivity contribution >= 4 is 28.8 Å². The minimum absolute atomic E-state index is 0.132. The highest BCUT2D eigenvalue weighted by Crippen LogP contribution is 2.45. The van der Waals surface area contributed by atoms with Gasteiger partial charge in [0.1, 0.15) is 6.61 Å². The Hall–Kier alpha value is -4.17. The molecule has 0 fully saturated rings. The molecule has 39 heavy (non-hydrogen) atoms. The number of pyridine rings is 1. The lowest BCUT2D eigenvalue weighted by atomic mass is 9.90. The monoisotopic (exact) mass is 538 g/mol. The zero-order valence-corrected chi connectivity index (χ0v) is 23.0. The Balaban J connectivity index is 1.43. The van der Waals surface area contributed by atoms with Gasteiger partial charge in [0.15, 0.2) is 5.17 Å². The van der Waals surface area contributed by atoms with Gasteiger partial charge in [-0.3, -0.25) is 9.78 Å². The molecule has 0 bridgehead atoms. The normalized spacial score (nSPS) is 16.4. The number of amides is 1. The zero-order valence-electron chi connectivity index (χ0n) is 22.2. The summed E-state index contributed by atoms with van der Waals surface area (Å²) >= 11 is 1.46. The van der Waals surface area contributed by atoms with Gasteiger partial charge in [0.25, 0.3) is 0 Å². The van der Waals surface area contributed by atoms with Gasteiger partial charge >= 0.3 is 5.97 Å². The Labute approximate surface area is 232 Å². The van der Waals surface area contributed by atoms with Crippen molar-refractivity contribution in [2.75, 3.05) is 0 Å². The number of nitrogens with one attached hydrogen (secondary N) is 1.